The second-order valence-corrected chi connectivity index (χ2v) is 5.64. The van der Waals surface area contributed by atoms with Crippen LogP contribution >= 0.6 is 11.6 Å². The van der Waals surface area contributed by atoms with Gasteiger partial charge in [-0.15, -0.1) is 0 Å². The van der Waals surface area contributed by atoms with Gasteiger partial charge in [0, 0.05) is 12.2 Å². The SMILES string of the molecule is O=C(NCC1(C(=O)O)CCCC1)Nc1ccc(Cl)c(F)c1. The highest BCUT2D eigenvalue weighted by atomic mass is 35.5. The molecule has 1 fully saturated rings. The van der Waals surface area contributed by atoms with Gasteiger partial charge in [0.25, 0.3) is 0 Å². The summed E-state index contributed by atoms with van der Waals surface area (Å²) in [6.07, 6.45) is 2.80. The number of carboxylic acid groups (broad SMARTS) is 1. The van der Waals surface area contributed by atoms with Crippen molar-refractivity contribution in [1.82, 2.24) is 5.32 Å². The summed E-state index contributed by atoms with van der Waals surface area (Å²) in [5.74, 6) is -1.52. The largest absolute Gasteiger partial charge is 0.481 e. The van der Waals surface area contributed by atoms with Crippen LogP contribution < -0.4 is 10.6 Å². The van der Waals surface area contributed by atoms with Crippen LogP contribution in [-0.2, 0) is 4.79 Å². The van der Waals surface area contributed by atoms with E-state index in [9.17, 15) is 19.1 Å². The Bertz CT molecular complexity index is 559. The third-order valence-electron chi connectivity index (χ3n) is 3.78. The third kappa shape index (κ3) is 3.64. The molecule has 1 aliphatic carbocycles. The van der Waals surface area contributed by atoms with E-state index in [0.29, 0.717) is 12.8 Å². The van der Waals surface area contributed by atoms with Gasteiger partial charge in [-0.3, -0.25) is 4.79 Å². The van der Waals surface area contributed by atoms with Gasteiger partial charge in [-0.25, -0.2) is 9.18 Å². The molecule has 0 spiro atoms. The van der Waals surface area contributed by atoms with E-state index in [1.807, 2.05) is 0 Å². The van der Waals surface area contributed by atoms with Crippen LogP contribution in [0.5, 0.6) is 0 Å². The van der Waals surface area contributed by atoms with E-state index in [2.05, 4.69) is 10.6 Å². The van der Waals surface area contributed by atoms with Crippen molar-refractivity contribution < 1.29 is 19.1 Å². The molecule has 0 aliphatic heterocycles. The molecule has 0 unspecified atom stereocenters. The van der Waals surface area contributed by atoms with E-state index in [-0.39, 0.29) is 17.3 Å². The molecule has 5 nitrogen and oxygen atoms in total. The molecule has 1 saturated carbocycles. The third-order valence-corrected chi connectivity index (χ3v) is 4.09. The zero-order chi connectivity index (χ0) is 15.5. The summed E-state index contributed by atoms with van der Waals surface area (Å²) in [5.41, 5.74) is -0.632. The van der Waals surface area contributed by atoms with Gasteiger partial charge in [0.2, 0.25) is 0 Å². The maximum absolute atomic E-state index is 13.2. The number of aliphatic carboxylic acids is 1. The van der Waals surface area contributed by atoms with Crippen molar-refractivity contribution in [3.8, 4) is 0 Å². The lowest BCUT2D eigenvalue weighted by Crippen LogP contribution is -2.42. The highest BCUT2D eigenvalue weighted by Gasteiger charge is 2.41. The number of halogens is 2. The van der Waals surface area contributed by atoms with Gasteiger partial charge in [-0.1, -0.05) is 24.4 Å². The van der Waals surface area contributed by atoms with Gasteiger partial charge in [0.15, 0.2) is 0 Å². The molecule has 0 saturated heterocycles. The number of urea groups is 1. The van der Waals surface area contributed by atoms with Crippen molar-refractivity contribution >= 4 is 29.3 Å². The van der Waals surface area contributed by atoms with Gasteiger partial charge < -0.3 is 15.7 Å². The van der Waals surface area contributed by atoms with E-state index in [1.165, 1.54) is 12.1 Å². The quantitative estimate of drug-likeness (QED) is 0.798. The number of benzene rings is 1. The Labute approximate surface area is 126 Å². The molecular formula is C14H16ClFN2O3. The Morgan fingerprint density at radius 3 is 2.57 bits per heavy atom. The van der Waals surface area contributed by atoms with Crippen LogP contribution in [-0.4, -0.2) is 23.7 Å². The lowest BCUT2D eigenvalue weighted by Gasteiger charge is -2.24. The number of rotatable bonds is 4. The zero-order valence-electron chi connectivity index (χ0n) is 11.3. The van der Waals surface area contributed by atoms with Gasteiger partial charge in [-0.2, -0.15) is 0 Å². The molecule has 114 valence electrons. The fraction of sp³-hybridized carbons (Fsp3) is 0.429. The summed E-state index contributed by atoms with van der Waals surface area (Å²) in [5, 5.41) is 14.3. The number of carboxylic acids is 1. The van der Waals surface area contributed by atoms with Gasteiger partial charge >= 0.3 is 12.0 Å². The molecule has 0 atom stereocenters. The minimum Gasteiger partial charge on any atom is -0.481 e. The van der Waals surface area contributed by atoms with Crippen molar-refractivity contribution in [2.45, 2.75) is 25.7 Å². The molecule has 1 aromatic carbocycles. The van der Waals surface area contributed by atoms with Crippen molar-refractivity contribution in [2.75, 3.05) is 11.9 Å². The second kappa shape index (κ2) is 6.30. The fourth-order valence-electron chi connectivity index (χ4n) is 2.52. The molecule has 0 radical (unpaired) electrons. The number of hydrogen-bond acceptors (Lipinski definition) is 2. The summed E-state index contributed by atoms with van der Waals surface area (Å²) in [7, 11) is 0. The minimum atomic E-state index is -0.891. The first-order valence-corrected chi connectivity index (χ1v) is 7.04. The lowest BCUT2D eigenvalue weighted by molar-refractivity contribution is -0.148. The summed E-state index contributed by atoms with van der Waals surface area (Å²) in [6, 6.07) is 3.34. The number of carbonyl (C=O) groups is 2. The zero-order valence-corrected chi connectivity index (χ0v) is 12.0. The normalized spacial score (nSPS) is 16.5. The van der Waals surface area contributed by atoms with E-state index < -0.39 is 23.2 Å². The van der Waals surface area contributed by atoms with Crippen LogP contribution in [0, 0.1) is 11.2 Å². The highest BCUT2D eigenvalue weighted by Crippen LogP contribution is 2.37. The Balaban J connectivity index is 1.92. The average molecular weight is 315 g/mol. The smallest absolute Gasteiger partial charge is 0.319 e. The van der Waals surface area contributed by atoms with Crippen molar-refractivity contribution in [3.63, 3.8) is 0 Å². The Morgan fingerprint density at radius 2 is 2.00 bits per heavy atom. The van der Waals surface area contributed by atoms with Gasteiger partial charge in [0.05, 0.1) is 10.4 Å². The molecule has 0 aromatic heterocycles. The predicted molar refractivity (Wildman–Crippen MR) is 77.0 cm³/mol. The molecule has 1 aromatic rings. The standard InChI is InChI=1S/C14H16ClFN2O3/c15-10-4-3-9(7-11(10)16)18-13(21)17-8-14(12(19)20)5-1-2-6-14/h3-4,7H,1-2,5-6,8H2,(H,19,20)(H2,17,18,21). The van der Waals surface area contributed by atoms with Crippen LogP contribution in [0.25, 0.3) is 0 Å². The number of anilines is 1. The molecule has 0 bridgehead atoms. The highest BCUT2D eigenvalue weighted by molar-refractivity contribution is 6.30. The molecule has 0 heterocycles. The number of nitrogens with one attached hydrogen (secondary N) is 2. The summed E-state index contributed by atoms with van der Waals surface area (Å²) in [4.78, 5) is 23.1. The molecule has 1 aliphatic rings. The van der Waals surface area contributed by atoms with Crippen molar-refractivity contribution in [1.29, 1.82) is 0 Å². The average Bonchev–Trinajstić information content (AvgIpc) is 2.91. The van der Waals surface area contributed by atoms with Crippen LogP contribution in [0.3, 0.4) is 0 Å². The van der Waals surface area contributed by atoms with Crippen molar-refractivity contribution in [2.24, 2.45) is 5.41 Å². The van der Waals surface area contributed by atoms with Gasteiger partial charge in [0.1, 0.15) is 5.82 Å². The van der Waals surface area contributed by atoms with E-state index >= 15 is 0 Å². The maximum atomic E-state index is 13.2. The number of amides is 2. The second-order valence-electron chi connectivity index (χ2n) is 5.23. The monoisotopic (exact) mass is 314 g/mol. The minimum absolute atomic E-state index is 0.0308. The molecule has 3 N–H and O–H groups in total. The predicted octanol–water partition coefficient (Wildman–Crippen LogP) is 3.25. The summed E-state index contributed by atoms with van der Waals surface area (Å²) in [6.45, 7) is 0.0598. The first-order chi connectivity index (χ1) is 9.93. The lowest BCUT2D eigenvalue weighted by atomic mass is 9.86. The summed E-state index contributed by atoms with van der Waals surface area (Å²) >= 11 is 5.55. The van der Waals surface area contributed by atoms with E-state index in [0.717, 1.165) is 18.9 Å². The molecule has 7 heteroatoms. The fourth-order valence-corrected chi connectivity index (χ4v) is 2.63. The molecule has 2 amide bonds. The van der Waals surface area contributed by atoms with Crippen LogP contribution in [0.4, 0.5) is 14.9 Å². The number of hydrogen-bond donors (Lipinski definition) is 3. The first kappa shape index (κ1) is 15.6. The maximum Gasteiger partial charge on any atom is 0.319 e. The Hall–Kier alpha value is -1.82. The van der Waals surface area contributed by atoms with Crippen LogP contribution in [0.15, 0.2) is 18.2 Å². The molecular weight excluding hydrogens is 299 g/mol. The van der Waals surface area contributed by atoms with E-state index in [4.69, 9.17) is 11.6 Å². The Morgan fingerprint density at radius 1 is 1.33 bits per heavy atom. The van der Waals surface area contributed by atoms with Crippen LogP contribution in [0.1, 0.15) is 25.7 Å². The first-order valence-electron chi connectivity index (χ1n) is 6.66. The van der Waals surface area contributed by atoms with Crippen LogP contribution in [0.2, 0.25) is 5.02 Å². The molecule has 21 heavy (non-hydrogen) atoms. The topological polar surface area (TPSA) is 78.4 Å². The van der Waals surface area contributed by atoms with Crippen molar-refractivity contribution in [3.05, 3.63) is 29.0 Å². The summed E-state index contributed by atoms with van der Waals surface area (Å²) < 4.78 is 13.2. The van der Waals surface area contributed by atoms with E-state index in [1.54, 1.807) is 0 Å². The Kier molecular flexibility index (Phi) is 4.67. The molecule has 2 rings (SSSR count). The number of carbonyl (C=O) groups excluding carboxylic acids is 1. The van der Waals surface area contributed by atoms with Gasteiger partial charge in [-0.05, 0) is 31.0 Å².